The molecule has 0 aliphatic heterocycles. The topological polar surface area (TPSA) is 38.0 Å². The Balaban J connectivity index is 1.67. The van der Waals surface area contributed by atoms with Crippen molar-refractivity contribution >= 4 is 11.3 Å². The first-order valence-corrected chi connectivity index (χ1v) is 7.57. The predicted octanol–water partition coefficient (Wildman–Crippen LogP) is 3.60. The lowest BCUT2D eigenvalue weighted by Crippen LogP contribution is -2.02. The number of benzene rings is 1. The van der Waals surface area contributed by atoms with Gasteiger partial charge >= 0.3 is 0 Å². The first kappa shape index (κ1) is 13.1. The van der Waals surface area contributed by atoms with Gasteiger partial charge in [0, 0.05) is 6.20 Å². The van der Waals surface area contributed by atoms with E-state index in [-0.39, 0.29) is 0 Å². The second kappa shape index (κ2) is 6.03. The number of para-hydroxylation sites is 1. The molecule has 102 valence electrons. The monoisotopic (exact) mass is 284 g/mol. The van der Waals surface area contributed by atoms with Gasteiger partial charge in [-0.15, -0.1) is 0 Å². The smallest absolute Gasteiger partial charge is 0.0981 e. The van der Waals surface area contributed by atoms with Crippen LogP contribution in [0.4, 0.5) is 0 Å². The minimum atomic E-state index is -0.514. The molecular formula is C16H16N2OS. The SMILES string of the molecule is OC(CCc1ccsc1)c1ccn(-c2ccccc2)n1. The molecule has 3 aromatic rings. The van der Waals surface area contributed by atoms with E-state index < -0.39 is 6.10 Å². The Morgan fingerprint density at radius 3 is 2.75 bits per heavy atom. The number of aromatic nitrogens is 2. The summed E-state index contributed by atoms with van der Waals surface area (Å²) in [6.45, 7) is 0. The maximum absolute atomic E-state index is 10.2. The van der Waals surface area contributed by atoms with Gasteiger partial charge in [0.05, 0.1) is 17.5 Å². The quantitative estimate of drug-likeness (QED) is 0.777. The molecule has 3 rings (SSSR count). The van der Waals surface area contributed by atoms with Crippen LogP contribution in [0.25, 0.3) is 5.69 Å². The molecule has 2 aromatic heterocycles. The molecule has 0 bridgehead atoms. The van der Waals surface area contributed by atoms with Crippen LogP contribution in [0.3, 0.4) is 0 Å². The molecule has 0 fully saturated rings. The lowest BCUT2D eigenvalue weighted by molar-refractivity contribution is 0.162. The molecule has 3 nitrogen and oxygen atoms in total. The van der Waals surface area contributed by atoms with Crippen molar-refractivity contribution in [3.8, 4) is 5.69 Å². The number of hydrogen-bond donors (Lipinski definition) is 1. The number of thiophene rings is 1. The van der Waals surface area contributed by atoms with E-state index in [1.165, 1.54) is 5.56 Å². The average Bonchev–Trinajstić information content (AvgIpc) is 3.17. The molecule has 1 N–H and O–H groups in total. The van der Waals surface area contributed by atoms with Crippen molar-refractivity contribution in [3.63, 3.8) is 0 Å². The third kappa shape index (κ3) is 2.98. The summed E-state index contributed by atoms with van der Waals surface area (Å²) in [5.74, 6) is 0. The fraction of sp³-hybridized carbons (Fsp3) is 0.188. The lowest BCUT2D eigenvalue weighted by atomic mass is 10.1. The van der Waals surface area contributed by atoms with E-state index in [0.29, 0.717) is 6.42 Å². The Morgan fingerprint density at radius 1 is 1.15 bits per heavy atom. The first-order chi connectivity index (χ1) is 9.83. The van der Waals surface area contributed by atoms with Crippen LogP contribution < -0.4 is 0 Å². The van der Waals surface area contributed by atoms with Crippen LogP contribution in [0.2, 0.25) is 0 Å². The zero-order valence-electron chi connectivity index (χ0n) is 11.0. The summed E-state index contributed by atoms with van der Waals surface area (Å²) in [5, 5.41) is 18.8. The van der Waals surface area contributed by atoms with E-state index in [0.717, 1.165) is 17.8 Å². The standard InChI is InChI=1S/C16H16N2OS/c19-16(7-6-13-9-11-20-12-13)15-8-10-18(17-15)14-4-2-1-3-5-14/h1-5,8-12,16,19H,6-7H2. The Kier molecular flexibility index (Phi) is 3.95. The summed E-state index contributed by atoms with van der Waals surface area (Å²) in [6.07, 6.45) is 2.95. The maximum Gasteiger partial charge on any atom is 0.0981 e. The molecule has 0 saturated carbocycles. The maximum atomic E-state index is 10.2. The van der Waals surface area contributed by atoms with E-state index in [1.807, 2.05) is 42.6 Å². The van der Waals surface area contributed by atoms with Crippen LogP contribution in [-0.4, -0.2) is 14.9 Å². The molecule has 20 heavy (non-hydrogen) atoms. The van der Waals surface area contributed by atoms with Crippen LogP contribution in [0.15, 0.2) is 59.4 Å². The molecule has 0 saturated heterocycles. The molecule has 0 amide bonds. The minimum absolute atomic E-state index is 0.514. The number of nitrogens with zero attached hydrogens (tertiary/aromatic N) is 2. The molecule has 0 radical (unpaired) electrons. The van der Waals surface area contributed by atoms with E-state index in [9.17, 15) is 5.11 Å². The van der Waals surface area contributed by atoms with Gasteiger partial charge in [-0.25, -0.2) is 4.68 Å². The summed E-state index contributed by atoms with van der Waals surface area (Å²) in [4.78, 5) is 0. The van der Waals surface area contributed by atoms with Crippen molar-refractivity contribution in [1.29, 1.82) is 0 Å². The van der Waals surface area contributed by atoms with Gasteiger partial charge in [-0.3, -0.25) is 0 Å². The van der Waals surface area contributed by atoms with E-state index in [4.69, 9.17) is 0 Å². The normalized spacial score (nSPS) is 12.4. The Bertz CT molecular complexity index is 646. The van der Waals surface area contributed by atoms with Crippen molar-refractivity contribution in [3.05, 3.63) is 70.7 Å². The summed E-state index contributed by atoms with van der Waals surface area (Å²) < 4.78 is 1.79. The fourth-order valence-electron chi connectivity index (χ4n) is 2.13. The van der Waals surface area contributed by atoms with E-state index in [1.54, 1.807) is 16.0 Å². The molecule has 1 aromatic carbocycles. The summed E-state index contributed by atoms with van der Waals surface area (Å²) >= 11 is 1.69. The van der Waals surface area contributed by atoms with Crippen molar-refractivity contribution < 1.29 is 5.11 Å². The summed E-state index contributed by atoms with van der Waals surface area (Å²) in [6, 6.07) is 13.9. The van der Waals surface area contributed by atoms with Crippen molar-refractivity contribution in [2.75, 3.05) is 0 Å². The number of rotatable bonds is 5. The molecule has 1 atom stereocenters. The highest BCUT2D eigenvalue weighted by Gasteiger charge is 2.11. The second-order valence-corrected chi connectivity index (χ2v) is 5.49. The second-order valence-electron chi connectivity index (χ2n) is 4.71. The molecular weight excluding hydrogens is 268 g/mol. The van der Waals surface area contributed by atoms with Crippen LogP contribution in [0.5, 0.6) is 0 Å². The number of aryl methyl sites for hydroxylation is 1. The minimum Gasteiger partial charge on any atom is -0.387 e. The van der Waals surface area contributed by atoms with E-state index in [2.05, 4.69) is 21.9 Å². The Hall–Kier alpha value is -1.91. The van der Waals surface area contributed by atoms with Crippen LogP contribution in [-0.2, 0) is 6.42 Å². The van der Waals surface area contributed by atoms with Crippen LogP contribution in [0.1, 0.15) is 23.8 Å². The third-order valence-corrected chi connectivity index (χ3v) is 3.99. The van der Waals surface area contributed by atoms with Gasteiger partial charge in [0.25, 0.3) is 0 Å². The molecule has 0 aliphatic rings. The van der Waals surface area contributed by atoms with Crippen molar-refractivity contribution in [2.45, 2.75) is 18.9 Å². The third-order valence-electron chi connectivity index (χ3n) is 3.26. The Morgan fingerprint density at radius 2 is 2.00 bits per heavy atom. The molecule has 2 heterocycles. The highest BCUT2D eigenvalue weighted by Crippen LogP contribution is 2.19. The highest BCUT2D eigenvalue weighted by atomic mass is 32.1. The van der Waals surface area contributed by atoms with Gasteiger partial charge < -0.3 is 5.11 Å². The van der Waals surface area contributed by atoms with Crippen LogP contribution >= 0.6 is 11.3 Å². The van der Waals surface area contributed by atoms with Gasteiger partial charge in [0.15, 0.2) is 0 Å². The van der Waals surface area contributed by atoms with Crippen LogP contribution in [0, 0.1) is 0 Å². The largest absolute Gasteiger partial charge is 0.387 e. The molecule has 0 aliphatic carbocycles. The van der Waals surface area contributed by atoms with Crippen molar-refractivity contribution in [1.82, 2.24) is 9.78 Å². The average molecular weight is 284 g/mol. The number of aliphatic hydroxyl groups excluding tert-OH is 1. The highest BCUT2D eigenvalue weighted by molar-refractivity contribution is 7.07. The van der Waals surface area contributed by atoms with Gasteiger partial charge in [-0.1, -0.05) is 18.2 Å². The predicted molar refractivity (Wildman–Crippen MR) is 81.2 cm³/mol. The summed E-state index contributed by atoms with van der Waals surface area (Å²) in [5.41, 5.74) is 3.00. The zero-order valence-corrected chi connectivity index (χ0v) is 11.8. The summed E-state index contributed by atoms with van der Waals surface area (Å²) in [7, 11) is 0. The first-order valence-electron chi connectivity index (χ1n) is 6.63. The van der Waals surface area contributed by atoms with Crippen molar-refractivity contribution in [2.24, 2.45) is 0 Å². The van der Waals surface area contributed by atoms with Gasteiger partial charge in [0.2, 0.25) is 0 Å². The molecule has 0 spiro atoms. The zero-order chi connectivity index (χ0) is 13.8. The Labute approximate surface area is 122 Å². The van der Waals surface area contributed by atoms with Gasteiger partial charge in [-0.05, 0) is 53.4 Å². The van der Waals surface area contributed by atoms with Gasteiger partial charge in [0.1, 0.15) is 0 Å². The lowest BCUT2D eigenvalue weighted by Gasteiger charge is -2.07. The molecule has 1 unspecified atom stereocenters. The number of hydrogen-bond acceptors (Lipinski definition) is 3. The fourth-order valence-corrected chi connectivity index (χ4v) is 2.83. The number of aliphatic hydroxyl groups is 1. The van der Waals surface area contributed by atoms with Gasteiger partial charge in [-0.2, -0.15) is 16.4 Å². The molecule has 4 heteroatoms. The van der Waals surface area contributed by atoms with E-state index >= 15 is 0 Å².